The van der Waals surface area contributed by atoms with Crippen LogP contribution >= 0.6 is 0 Å². The number of nitro benzene ring substituents is 1. The van der Waals surface area contributed by atoms with Crippen LogP contribution in [0.1, 0.15) is 71.1 Å². The minimum Gasteiger partial charge on any atom is -0.285 e. The molecule has 1 aromatic carbocycles. The third kappa shape index (κ3) is 6.79. The lowest BCUT2D eigenvalue weighted by Crippen LogP contribution is -2.08. The topological polar surface area (TPSA) is 91.6 Å². The van der Waals surface area contributed by atoms with Gasteiger partial charge in [-0.2, -0.15) is 0 Å². The summed E-state index contributed by atoms with van der Waals surface area (Å²) < 4.78 is 0. The smallest absolute Gasteiger partial charge is 0.285 e. The number of nitro groups is 1. The number of fused-ring (bicyclic) bond motifs is 1. The summed E-state index contributed by atoms with van der Waals surface area (Å²) in [6.07, 6.45) is 12.3. The zero-order valence-electron chi connectivity index (χ0n) is 16.4. The van der Waals surface area contributed by atoms with Crippen molar-refractivity contribution >= 4 is 22.6 Å². The van der Waals surface area contributed by atoms with Gasteiger partial charge in [-0.1, -0.05) is 58.3 Å². The second-order valence-electron chi connectivity index (χ2n) is 6.86. The summed E-state index contributed by atoms with van der Waals surface area (Å²) in [5, 5.41) is 11.4. The van der Waals surface area contributed by atoms with E-state index in [1.165, 1.54) is 56.9 Å². The molecule has 0 saturated carbocycles. The molecule has 0 radical (unpaired) electrons. The number of non-ortho nitro benzene ring substituents is 1. The molecule has 0 saturated heterocycles. The van der Waals surface area contributed by atoms with Crippen LogP contribution in [-0.4, -0.2) is 15.9 Å². The van der Waals surface area contributed by atoms with Crippen LogP contribution in [-0.2, 0) is 9.68 Å². The van der Waals surface area contributed by atoms with Gasteiger partial charge in [-0.05, 0) is 24.6 Å². The van der Waals surface area contributed by atoms with Crippen molar-refractivity contribution in [2.75, 3.05) is 0 Å². The first-order valence-electron chi connectivity index (χ1n) is 10.0. The summed E-state index contributed by atoms with van der Waals surface area (Å²) >= 11 is 0. The van der Waals surface area contributed by atoms with Crippen molar-refractivity contribution in [1.82, 2.24) is 4.98 Å². The van der Waals surface area contributed by atoms with E-state index in [-0.39, 0.29) is 23.4 Å². The molecular formula is C21H28N2O5. The van der Waals surface area contributed by atoms with Gasteiger partial charge in [0.25, 0.3) is 5.69 Å². The number of aromatic nitrogens is 1. The lowest BCUT2D eigenvalue weighted by atomic mass is 10.1. The molecule has 0 fully saturated rings. The fourth-order valence-electron chi connectivity index (χ4n) is 3.07. The van der Waals surface area contributed by atoms with Crippen molar-refractivity contribution in [3.05, 3.63) is 40.6 Å². The SMILES string of the molecule is CCCCCCCCCCCC(=O)OOc1ccc([N+](=O)[O-])c2cccnc12. The largest absolute Gasteiger partial charge is 0.355 e. The number of benzene rings is 1. The lowest BCUT2D eigenvalue weighted by Gasteiger charge is -2.07. The van der Waals surface area contributed by atoms with Crippen LogP contribution < -0.4 is 4.89 Å². The van der Waals surface area contributed by atoms with Gasteiger partial charge in [-0.25, -0.2) is 4.79 Å². The van der Waals surface area contributed by atoms with Gasteiger partial charge in [0.15, 0.2) is 0 Å². The Morgan fingerprint density at radius 3 is 2.39 bits per heavy atom. The van der Waals surface area contributed by atoms with Crippen molar-refractivity contribution in [3.8, 4) is 5.75 Å². The molecule has 0 unspecified atom stereocenters. The Kier molecular flexibility index (Phi) is 9.18. The lowest BCUT2D eigenvalue weighted by molar-refractivity contribution is -0.383. The predicted molar refractivity (Wildman–Crippen MR) is 107 cm³/mol. The number of hydrogen-bond acceptors (Lipinski definition) is 6. The molecule has 0 aliphatic rings. The summed E-state index contributed by atoms with van der Waals surface area (Å²) in [6.45, 7) is 2.21. The van der Waals surface area contributed by atoms with Crippen molar-refractivity contribution in [1.29, 1.82) is 0 Å². The molecule has 0 aliphatic carbocycles. The first kappa shape index (κ1) is 21.6. The van der Waals surface area contributed by atoms with Crippen molar-refractivity contribution in [2.45, 2.75) is 71.1 Å². The summed E-state index contributed by atoms with van der Waals surface area (Å²) in [7, 11) is 0. The van der Waals surface area contributed by atoms with Crippen LogP contribution in [0.25, 0.3) is 10.9 Å². The van der Waals surface area contributed by atoms with Crippen LogP contribution in [0.5, 0.6) is 5.75 Å². The quantitative estimate of drug-likeness (QED) is 0.184. The van der Waals surface area contributed by atoms with Gasteiger partial charge in [-0.15, -0.1) is 0 Å². The molecule has 2 aromatic rings. The second kappa shape index (κ2) is 11.9. The van der Waals surface area contributed by atoms with Gasteiger partial charge >= 0.3 is 5.97 Å². The maximum atomic E-state index is 11.9. The monoisotopic (exact) mass is 388 g/mol. The van der Waals surface area contributed by atoms with Crippen LogP contribution in [0, 0.1) is 10.1 Å². The van der Waals surface area contributed by atoms with Crippen molar-refractivity contribution in [2.24, 2.45) is 0 Å². The molecule has 0 N–H and O–H groups in total. The molecule has 0 aliphatic heterocycles. The predicted octanol–water partition coefficient (Wildman–Crippen LogP) is 5.90. The molecule has 0 spiro atoms. The second-order valence-corrected chi connectivity index (χ2v) is 6.86. The Balaban J connectivity index is 1.72. The van der Waals surface area contributed by atoms with E-state index in [1.807, 2.05) is 0 Å². The Bertz CT molecular complexity index is 778. The number of rotatable bonds is 13. The van der Waals surface area contributed by atoms with E-state index < -0.39 is 10.9 Å². The molecule has 1 aromatic heterocycles. The molecule has 28 heavy (non-hydrogen) atoms. The third-order valence-electron chi connectivity index (χ3n) is 4.62. The molecule has 0 amide bonds. The number of pyridine rings is 1. The highest BCUT2D eigenvalue weighted by molar-refractivity contribution is 5.92. The highest BCUT2D eigenvalue weighted by atomic mass is 17.2. The first-order valence-corrected chi connectivity index (χ1v) is 10.0. The highest BCUT2D eigenvalue weighted by Gasteiger charge is 2.17. The van der Waals surface area contributed by atoms with E-state index in [1.54, 1.807) is 12.1 Å². The van der Waals surface area contributed by atoms with E-state index in [9.17, 15) is 14.9 Å². The molecule has 1 heterocycles. The van der Waals surface area contributed by atoms with Crippen molar-refractivity contribution in [3.63, 3.8) is 0 Å². The number of carbonyl (C=O) groups is 1. The number of carbonyl (C=O) groups excluding carboxylic acids is 1. The molecule has 7 heteroatoms. The first-order chi connectivity index (χ1) is 13.6. The normalized spacial score (nSPS) is 10.8. The Morgan fingerprint density at radius 2 is 1.71 bits per heavy atom. The standard InChI is InChI=1S/C21H28N2O5/c1-2-3-4-5-6-7-8-9-10-13-20(24)28-27-19-15-14-18(23(25)26)17-12-11-16-22-21(17)19/h11-12,14-16H,2-10,13H2,1H3. The minimum atomic E-state index is -0.483. The highest BCUT2D eigenvalue weighted by Crippen LogP contribution is 2.31. The Hall–Kier alpha value is -2.70. The fraction of sp³-hybridized carbons (Fsp3) is 0.524. The van der Waals surface area contributed by atoms with E-state index >= 15 is 0 Å². The van der Waals surface area contributed by atoms with Crippen LogP contribution in [0.4, 0.5) is 5.69 Å². The molecule has 2 rings (SSSR count). The van der Waals surface area contributed by atoms with Gasteiger partial charge in [0.05, 0.1) is 16.7 Å². The van der Waals surface area contributed by atoms with Crippen molar-refractivity contribution < 1.29 is 19.5 Å². The Labute approximate surface area is 165 Å². The van der Waals surface area contributed by atoms with Gasteiger partial charge in [-0.3, -0.25) is 24.9 Å². The van der Waals surface area contributed by atoms with Crippen LogP contribution in [0.15, 0.2) is 30.5 Å². The number of nitrogens with zero attached hydrogens (tertiary/aromatic N) is 2. The minimum absolute atomic E-state index is 0.0727. The van der Waals surface area contributed by atoms with Crippen LogP contribution in [0.2, 0.25) is 0 Å². The molecule has 7 nitrogen and oxygen atoms in total. The van der Waals surface area contributed by atoms with E-state index in [4.69, 9.17) is 9.78 Å². The van der Waals surface area contributed by atoms with Crippen LogP contribution in [0.3, 0.4) is 0 Å². The van der Waals surface area contributed by atoms with E-state index in [2.05, 4.69) is 11.9 Å². The zero-order valence-corrected chi connectivity index (χ0v) is 16.4. The zero-order chi connectivity index (χ0) is 20.2. The van der Waals surface area contributed by atoms with Gasteiger partial charge in [0.1, 0.15) is 5.52 Å². The van der Waals surface area contributed by atoms with Gasteiger partial charge in [0, 0.05) is 12.3 Å². The third-order valence-corrected chi connectivity index (χ3v) is 4.62. The summed E-state index contributed by atoms with van der Waals surface area (Å²) in [5.74, 6) is -0.271. The average molecular weight is 388 g/mol. The average Bonchev–Trinajstić information content (AvgIpc) is 2.70. The maximum Gasteiger partial charge on any atom is 0.355 e. The molecule has 152 valence electrons. The fourth-order valence-corrected chi connectivity index (χ4v) is 3.07. The molecule has 0 atom stereocenters. The summed E-state index contributed by atoms with van der Waals surface area (Å²) in [4.78, 5) is 36.6. The molecule has 0 bridgehead atoms. The van der Waals surface area contributed by atoms with Gasteiger partial charge < -0.3 is 0 Å². The number of hydrogen-bond donors (Lipinski definition) is 0. The summed E-state index contributed by atoms with van der Waals surface area (Å²) in [6, 6.07) is 5.89. The summed E-state index contributed by atoms with van der Waals surface area (Å²) in [5.41, 5.74) is 0.212. The molecular weight excluding hydrogens is 360 g/mol. The van der Waals surface area contributed by atoms with E-state index in [0.717, 1.165) is 19.3 Å². The Morgan fingerprint density at radius 1 is 1.04 bits per heavy atom. The van der Waals surface area contributed by atoms with Gasteiger partial charge in [0.2, 0.25) is 5.75 Å². The van der Waals surface area contributed by atoms with E-state index in [0.29, 0.717) is 5.39 Å². The number of unbranched alkanes of at least 4 members (excludes halogenated alkanes) is 8. The maximum absolute atomic E-state index is 11.9.